The van der Waals surface area contributed by atoms with Crippen LogP contribution in [-0.2, 0) is 4.74 Å². The Morgan fingerprint density at radius 1 is 1.39 bits per heavy atom. The Balaban J connectivity index is 4.32. The molecule has 0 saturated heterocycles. The molecular formula is C11H18N4O3. The van der Waals surface area contributed by atoms with Crippen LogP contribution in [0.1, 0.15) is 20.8 Å². The predicted octanol–water partition coefficient (Wildman–Crippen LogP) is 0.429. The topological polar surface area (TPSA) is 91.8 Å². The number of aliphatic imine (C=N–C) groups is 1. The third-order valence-electron chi connectivity index (χ3n) is 1.54. The Morgan fingerprint density at radius 2 is 2.06 bits per heavy atom. The van der Waals surface area contributed by atoms with Gasteiger partial charge in [-0.2, -0.15) is 0 Å². The minimum absolute atomic E-state index is 0.0308. The van der Waals surface area contributed by atoms with Crippen LogP contribution in [0.25, 0.3) is 0 Å². The standard InChI is InChI=1S/C11H18N4O3/c1-5-6-7-12-9(16)14-11(18-4)15-10(17)13-8(2)3/h8H,7H2,1-4H3,(H3,12,13,14,15,16,17). The van der Waals surface area contributed by atoms with Crippen molar-refractivity contribution in [1.82, 2.24) is 16.0 Å². The number of carbonyl (C=O) groups excluding carboxylic acids is 2. The molecular weight excluding hydrogens is 236 g/mol. The molecule has 4 amide bonds. The summed E-state index contributed by atoms with van der Waals surface area (Å²) in [6.07, 6.45) is 0. The van der Waals surface area contributed by atoms with Gasteiger partial charge in [0.1, 0.15) is 0 Å². The van der Waals surface area contributed by atoms with Crippen LogP contribution in [-0.4, -0.2) is 37.8 Å². The molecule has 7 heteroatoms. The van der Waals surface area contributed by atoms with Gasteiger partial charge >= 0.3 is 18.1 Å². The Kier molecular flexibility index (Phi) is 7.77. The summed E-state index contributed by atoms with van der Waals surface area (Å²) in [5.41, 5.74) is 0. The first-order valence-corrected chi connectivity index (χ1v) is 5.37. The molecule has 0 spiro atoms. The highest BCUT2D eigenvalue weighted by molar-refractivity contribution is 5.98. The number of carbonyl (C=O) groups is 2. The number of nitrogens with zero attached hydrogens (tertiary/aromatic N) is 1. The van der Waals surface area contributed by atoms with E-state index in [1.54, 1.807) is 20.8 Å². The lowest BCUT2D eigenvalue weighted by atomic mass is 10.4. The summed E-state index contributed by atoms with van der Waals surface area (Å²) in [4.78, 5) is 26.1. The maximum atomic E-state index is 11.3. The van der Waals surface area contributed by atoms with Crippen molar-refractivity contribution in [3.8, 4) is 11.8 Å². The van der Waals surface area contributed by atoms with Crippen LogP contribution in [0.15, 0.2) is 4.99 Å². The molecule has 0 saturated carbocycles. The van der Waals surface area contributed by atoms with E-state index in [-0.39, 0.29) is 18.6 Å². The Labute approximate surface area is 106 Å². The van der Waals surface area contributed by atoms with Gasteiger partial charge in [0.2, 0.25) is 0 Å². The van der Waals surface area contributed by atoms with Crippen molar-refractivity contribution < 1.29 is 14.3 Å². The molecule has 3 N–H and O–H groups in total. The van der Waals surface area contributed by atoms with Crippen LogP contribution >= 0.6 is 0 Å². The maximum absolute atomic E-state index is 11.3. The van der Waals surface area contributed by atoms with Crippen LogP contribution in [0.4, 0.5) is 9.59 Å². The first-order chi connectivity index (χ1) is 8.49. The molecule has 18 heavy (non-hydrogen) atoms. The maximum Gasteiger partial charge on any atom is 0.346 e. The number of ether oxygens (including phenoxy) is 1. The van der Waals surface area contributed by atoms with Crippen LogP contribution in [0.3, 0.4) is 0 Å². The van der Waals surface area contributed by atoms with Crippen molar-refractivity contribution in [3.05, 3.63) is 0 Å². The van der Waals surface area contributed by atoms with E-state index in [4.69, 9.17) is 4.74 Å². The summed E-state index contributed by atoms with van der Waals surface area (Å²) >= 11 is 0. The number of methoxy groups -OCH3 is 1. The van der Waals surface area contributed by atoms with Crippen molar-refractivity contribution in [2.75, 3.05) is 13.7 Å². The summed E-state index contributed by atoms with van der Waals surface area (Å²) in [5, 5.41) is 7.28. The summed E-state index contributed by atoms with van der Waals surface area (Å²) in [6.45, 7) is 5.46. The highest BCUT2D eigenvalue weighted by Crippen LogP contribution is 1.82. The van der Waals surface area contributed by atoms with Gasteiger partial charge in [0.25, 0.3) is 0 Å². The lowest BCUT2D eigenvalue weighted by molar-refractivity contribution is 0.239. The van der Waals surface area contributed by atoms with Gasteiger partial charge in [-0.1, -0.05) is 5.92 Å². The van der Waals surface area contributed by atoms with Gasteiger partial charge < -0.3 is 15.4 Å². The van der Waals surface area contributed by atoms with Crippen LogP contribution in [0, 0.1) is 11.8 Å². The molecule has 0 rings (SSSR count). The molecule has 0 aromatic carbocycles. The number of urea groups is 2. The first kappa shape index (κ1) is 15.8. The average molecular weight is 254 g/mol. The van der Waals surface area contributed by atoms with Crippen molar-refractivity contribution >= 4 is 18.1 Å². The number of rotatable bonds is 2. The van der Waals surface area contributed by atoms with Gasteiger partial charge in [0, 0.05) is 6.04 Å². The third-order valence-corrected chi connectivity index (χ3v) is 1.54. The van der Waals surface area contributed by atoms with E-state index in [1.165, 1.54) is 7.11 Å². The molecule has 0 aliphatic heterocycles. The second-order valence-corrected chi connectivity index (χ2v) is 3.46. The average Bonchev–Trinajstić information content (AvgIpc) is 2.27. The van der Waals surface area contributed by atoms with Gasteiger partial charge in [-0.25, -0.2) is 9.59 Å². The number of amidine groups is 1. The molecule has 0 fully saturated rings. The fourth-order valence-corrected chi connectivity index (χ4v) is 0.860. The molecule has 0 unspecified atom stereocenters. The summed E-state index contributed by atoms with van der Waals surface area (Å²) in [5.74, 6) is 5.27. The minimum atomic E-state index is -0.639. The summed E-state index contributed by atoms with van der Waals surface area (Å²) in [6, 6.07) is -1.35. The number of hydrogen-bond donors (Lipinski definition) is 3. The molecule has 7 nitrogen and oxygen atoms in total. The second-order valence-electron chi connectivity index (χ2n) is 3.46. The number of amides is 4. The number of hydrogen-bond acceptors (Lipinski definition) is 3. The van der Waals surface area contributed by atoms with E-state index in [2.05, 4.69) is 32.8 Å². The summed E-state index contributed by atoms with van der Waals surface area (Å²) in [7, 11) is 1.30. The van der Waals surface area contributed by atoms with E-state index >= 15 is 0 Å². The molecule has 0 heterocycles. The lowest BCUT2D eigenvalue weighted by Crippen LogP contribution is -2.43. The third kappa shape index (κ3) is 7.98. The van der Waals surface area contributed by atoms with Gasteiger partial charge in [-0.15, -0.1) is 10.9 Å². The molecule has 0 atom stereocenters. The van der Waals surface area contributed by atoms with E-state index in [0.717, 1.165) is 0 Å². The van der Waals surface area contributed by atoms with Crippen molar-refractivity contribution in [1.29, 1.82) is 0 Å². The van der Waals surface area contributed by atoms with Gasteiger partial charge in [0.05, 0.1) is 13.7 Å². The Hall–Kier alpha value is -2.23. The van der Waals surface area contributed by atoms with Crippen molar-refractivity contribution in [3.63, 3.8) is 0 Å². The molecule has 0 aliphatic carbocycles. The highest BCUT2D eigenvalue weighted by Gasteiger charge is 2.08. The van der Waals surface area contributed by atoms with E-state index in [1.807, 2.05) is 0 Å². The SMILES string of the molecule is CC#CCNC(=O)N=C(NC(=O)NC(C)C)OC. The second kappa shape index (κ2) is 8.87. The first-order valence-electron chi connectivity index (χ1n) is 5.37. The molecule has 0 bridgehead atoms. The lowest BCUT2D eigenvalue weighted by Gasteiger charge is -2.10. The van der Waals surface area contributed by atoms with Crippen molar-refractivity contribution in [2.24, 2.45) is 4.99 Å². The Morgan fingerprint density at radius 3 is 2.56 bits per heavy atom. The van der Waals surface area contributed by atoms with Crippen LogP contribution in [0.2, 0.25) is 0 Å². The van der Waals surface area contributed by atoms with E-state index in [9.17, 15) is 9.59 Å². The zero-order valence-electron chi connectivity index (χ0n) is 11.0. The van der Waals surface area contributed by atoms with Crippen molar-refractivity contribution in [2.45, 2.75) is 26.8 Å². The minimum Gasteiger partial charge on any atom is -0.468 e. The quantitative estimate of drug-likeness (QED) is 0.379. The molecule has 0 radical (unpaired) electrons. The highest BCUT2D eigenvalue weighted by atomic mass is 16.5. The Bertz CT molecular complexity index is 379. The monoisotopic (exact) mass is 254 g/mol. The fraction of sp³-hybridized carbons (Fsp3) is 0.545. The molecule has 100 valence electrons. The normalized spacial score (nSPS) is 10.2. The summed E-state index contributed by atoms with van der Waals surface area (Å²) < 4.78 is 4.76. The van der Waals surface area contributed by atoms with Gasteiger partial charge in [-0.3, -0.25) is 5.32 Å². The molecule has 0 aromatic heterocycles. The van der Waals surface area contributed by atoms with E-state index in [0.29, 0.717) is 0 Å². The smallest absolute Gasteiger partial charge is 0.346 e. The molecule has 0 aromatic rings. The van der Waals surface area contributed by atoms with Crippen LogP contribution in [0.5, 0.6) is 0 Å². The zero-order valence-corrected chi connectivity index (χ0v) is 11.0. The number of nitrogens with one attached hydrogen (secondary N) is 3. The zero-order chi connectivity index (χ0) is 14.0. The van der Waals surface area contributed by atoms with Gasteiger partial charge in [0.15, 0.2) is 0 Å². The fourth-order valence-electron chi connectivity index (χ4n) is 0.860. The van der Waals surface area contributed by atoms with Crippen LogP contribution < -0.4 is 16.0 Å². The predicted molar refractivity (Wildman–Crippen MR) is 68.1 cm³/mol. The van der Waals surface area contributed by atoms with E-state index < -0.39 is 12.1 Å². The molecule has 0 aliphatic rings. The largest absolute Gasteiger partial charge is 0.468 e. The van der Waals surface area contributed by atoms with Gasteiger partial charge in [-0.05, 0) is 20.8 Å².